The Morgan fingerprint density at radius 1 is 1.39 bits per heavy atom. The van der Waals surface area contributed by atoms with Crippen molar-refractivity contribution >= 4 is 0 Å². The third kappa shape index (κ3) is 6.95. The molecule has 0 aromatic carbocycles. The number of rotatable bonds is 9. The molecule has 0 rings (SSSR count). The Bertz CT molecular complexity index is 262. The lowest BCUT2D eigenvalue weighted by atomic mass is 9.93. The van der Waals surface area contributed by atoms with Gasteiger partial charge in [0.15, 0.2) is 0 Å². The summed E-state index contributed by atoms with van der Waals surface area (Å²) in [4.78, 5) is 2.29. The molecule has 0 saturated carbocycles. The molecule has 0 amide bonds. The predicted octanol–water partition coefficient (Wildman–Crippen LogP) is 2.01. The van der Waals surface area contributed by atoms with Crippen LogP contribution < -0.4 is 5.32 Å². The van der Waals surface area contributed by atoms with Gasteiger partial charge in [-0.1, -0.05) is 0 Å². The number of hydrogen-bond acceptors (Lipinski definition) is 4. The largest absolute Gasteiger partial charge is 0.385 e. The molecule has 106 valence electrons. The lowest BCUT2D eigenvalue weighted by molar-refractivity contribution is 0.158. The van der Waals surface area contributed by atoms with Crippen molar-refractivity contribution in [3.8, 4) is 6.07 Å². The number of ether oxygens (including phenoxy) is 1. The summed E-state index contributed by atoms with van der Waals surface area (Å²) in [7, 11) is 3.83. The molecule has 0 aliphatic rings. The van der Waals surface area contributed by atoms with Gasteiger partial charge in [0.1, 0.15) is 5.54 Å². The fourth-order valence-corrected chi connectivity index (χ4v) is 2.20. The highest BCUT2D eigenvalue weighted by molar-refractivity contribution is 5.06. The van der Waals surface area contributed by atoms with Crippen LogP contribution in [0.25, 0.3) is 0 Å². The Morgan fingerprint density at radius 3 is 2.44 bits per heavy atom. The van der Waals surface area contributed by atoms with Crippen LogP contribution in [-0.4, -0.2) is 49.8 Å². The van der Waals surface area contributed by atoms with E-state index in [1.54, 1.807) is 7.11 Å². The molecule has 0 aromatic heterocycles. The van der Waals surface area contributed by atoms with Gasteiger partial charge >= 0.3 is 0 Å². The Labute approximate surface area is 112 Å². The third-order valence-corrected chi connectivity index (χ3v) is 3.17. The lowest BCUT2D eigenvalue weighted by Crippen LogP contribution is -2.49. The van der Waals surface area contributed by atoms with E-state index in [1.807, 2.05) is 6.92 Å². The molecule has 2 atom stereocenters. The van der Waals surface area contributed by atoms with Gasteiger partial charge in [-0.3, -0.25) is 5.32 Å². The van der Waals surface area contributed by atoms with Crippen molar-refractivity contribution in [2.75, 3.05) is 27.3 Å². The topological polar surface area (TPSA) is 48.3 Å². The second kappa shape index (κ2) is 8.47. The van der Waals surface area contributed by atoms with Gasteiger partial charge in [-0.15, -0.1) is 0 Å². The van der Waals surface area contributed by atoms with Crippen LogP contribution in [0.3, 0.4) is 0 Å². The Morgan fingerprint density at radius 2 is 2.00 bits per heavy atom. The van der Waals surface area contributed by atoms with Crippen molar-refractivity contribution in [3.63, 3.8) is 0 Å². The second-order valence-corrected chi connectivity index (χ2v) is 5.62. The first-order chi connectivity index (χ1) is 8.34. The number of nitrogens with one attached hydrogen (secondary N) is 1. The summed E-state index contributed by atoms with van der Waals surface area (Å²) < 4.78 is 5.06. The average Bonchev–Trinajstić information content (AvgIpc) is 2.28. The van der Waals surface area contributed by atoms with Crippen molar-refractivity contribution in [1.29, 1.82) is 5.26 Å². The fraction of sp³-hybridized carbons (Fsp3) is 0.929. The van der Waals surface area contributed by atoms with Crippen molar-refractivity contribution in [2.24, 2.45) is 0 Å². The third-order valence-electron chi connectivity index (χ3n) is 3.17. The maximum absolute atomic E-state index is 9.33. The fourth-order valence-electron chi connectivity index (χ4n) is 2.20. The summed E-state index contributed by atoms with van der Waals surface area (Å²) in [5.41, 5.74) is -0.455. The Balaban J connectivity index is 4.25. The molecule has 0 radical (unpaired) electrons. The monoisotopic (exact) mass is 255 g/mol. The molecule has 0 aliphatic carbocycles. The first-order valence-electron chi connectivity index (χ1n) is 6.72. The van der Waals surface area contributed by atoms with Crippen LogP contribution in [0.1, 0.15) is 40.5 Å². The zero-order valence-corrected chi connectivity index (χ0v) is 12.8. The van der Waals surface area contributed by atoms with E-state index in [-0.39, 0.29) is 0 Å². The van der Waals surface area contributed by atoms with E-state index in [1.165, 1.54) is 0 Å². The normalized spacial score (nSPS) is 16.6. The maximum atomic E-state index is 9.33. The summed E-state index contributed by atoms with van der Waals surface area (Å²) in [5.74, 6) is 0. The van der Waals surface area contributed by atoms with Crippen molar-refractivity contribution in [2.45, 2.75) is 58.2 Å². The molecule has 4 nitrogen and oxygen atoms in total. The first-order valence-corrected chi connectivity index (χ1v) is 6.72. The SMILES string of the molecule is COCCCN(C)C(C)CC(C)(C#N)NC(C)C. The molecule has 2 unspecified atom stereocenters. The second-order valence-electron chi connectivity index (χ2n) is 5.62. The van der Waals surface area contributed by atoms with E-state index < -0.39 is 5.54 Å². The number of nitriles is 1. The van der Waals surface area contributed by atoms with Crippen LogP contribution in [0.5, 0.6) is 0 Å². The minimum atomic E-state index is -0.455. The zero-order chi connectivity index (χ0) is 14.2. The van der Waals surface area contributed by atoms with Gasteiger partial charge in [-0.25, -0.2) is 0 Å². The van der Waals surface area contributed by atoms with Crippen molar-refractivity contribution in [1.82, 2.24) is 10.2 Å². The van der Waals surface area contributed by atoms with Crippen LogP contribution in [0.4, 0.5) is 0 Å². The van der Waals surface area contributed by atoms with Gasteiger partial charge < -0.3 is 9.64 Å². The number of nitrogens with zero attached hydrogens (tertiary/aromatic N) is 2. The van der Waals surface area contributed by atoms with Crippen molar-refractivity contribution < 1.29 is 4.74 Å². The molecular weight excluding hydrogens is 226 g/mol. The van der Waals surface area contributed by atoms with Gasteiger partial charge in [0.05, 0.1) is 6.07 Å². The van der Waals surface area contributed by atoms with E-state index in [4.69, 9.17) is 4.74 Å². The number of methoxy groups -OCH3 is 1. The quantitative estimate of drug-likeness (QED) is 0.640. The van der Waals surface area contributed by atoms with Crippen LogP contribution in [0.2, 0.25) is 0 Å². The predicted molar refractivity (Wildman–Crippen MR) is 75.5 cm³/mol. The summed E-state index contributed by atoms with van der Waals surface area (Å²) in [6, 6.07) is 3.09. The average molecular weight is 255 g/mol. The highest BCUT2D eigenvalue weighted by Crippen LogP contribution is 2.16. The summed E-state index contributed by atoms with van der Waals surface area (Å²) >= 11 is 0. The highest BCUT2D eigenvalue weighted by atomic mass is 16.5. The zero-order valence-electron chi connectivity index (χ0n) is 12.8. The smallest absolute Gasteiger partial charge is 0.105 e. The van der Waals surface area contributed by atoms with E-state index in [0.29, 0.717) is 12.1 Å². The van der Waals surface area contributed by atoms with E-state index >= 15 is 0 Å². The first kappa shape index (κ1) is 17.4. The summed E-state index contributed by atoms with van der Waals surface area (Å²) in [6.45, 7) is 10.1. The van der Waals surface area contributed by atoms with Gasteiger partial charge in [0, 0.05) is 32.3 Å². The number of hydrogen-bond donors (Lipinski definition) is 1. The molecule has 1 N–H and O–H groups in total. The standard InChI is InChI=1S/C14H29N3O/c1-12(2)16-14(4,11-15)10-13(3)17(5)8-7-9-18-6/h12-13,16H,7-10H2,1-6H3. The van der Waals surface area contributed by atoms with E-state index in [2.05, 4.69) is 44.1 Å². The molecule has 18 heavy (non-hydrogen) atoms. The minimum Gasteiger partial charge on any atom is -0.385 e. The Hall–Kier alpha value is -0.630. The summed E-state index contributed by atoms with van der Waals surface area (Å²) in [5, 5.41) is 12.7. The summed E-state index contributed by atoms with van der Waals surface area (Å²) in [6.07, 6.45) is 1.85. The molecule has 0 heterocycles. The minimum absolute atomic E-state index is 0.320. The lowest BCUT2D eigenvalue weighted by Gasteiger charge is -2.33. The van der Waals surface area contributed by atoms with Gasteiger partial charge in [0.25, 0.3) is 0 Å². The molecule has 4 heteroatoms. The van der Waals surface area contributed by atoms with Gasteiger partial charge in [-0.05, 0) is 47.6 Å². The molecule has 0 fully saturated rings. The Kier molecular flexibility index (Phi) is 8.17. The molecule has 0 aromatic rings. The van der Waals surface area contributed by atoms with E-state index in [0.717, 1.165) is 26.0 Å². The van der Waals surface area contributed by atoms with Gasteiger partial charge in [0.2, 0.25) is 0 Å². The maximum Gasteiger partial charge on any atom is 0.105 e. The molecule has 0 bridgehead atoms. The van der Waals surface area contributed by atoms with Crippen LogP contribution in [0.15, 0.2) is 0 Å². The van der Waals surface area contributed by atoms with Crippen molar-refractivity contribution in [3.05, 3.63) is 0 Å². The van der Waals surface area contributed by atoms with Crippen LogP contribution in [-0.2, 0) is 4.74 Å². The van der Waals surface area contributed by atoms with Gasteiger partial charge in [-0.2, -0.15) is 5.26 Å². The molecular formula is C14H29N3O. The van der Waals surface area contributed by atoms with Crippen LogP contribution >= 0.6 is 0 Å². The van der Waals surface area contributed by atoms with E-state index in [9.17, 15) is 5.26 Å². The highest BCUT2D eigenvalue weighted by Gasteiger charge is 2.28. The molecule has 0 aliphatic heterocycles. The molecule has 0 spiro atoms. The molecule has 0 saturated heterocycles. The van der Waals surface area contributed by atoms with Crippen LogP contribution in [0, 0.1) is 11.3 Å².